The van der Waals surface area contributed by atoms with Crippen molar-refractivity contribution < 1.29 is 4.79 Å². The third kappa shape index (κ3) is 4.03. The molecule has 4 heteroatoms. The molecular weight excluding hydrogens is 245 g/mol. The number of halogens is 2. The molecule has 0 aromatic heterocycles. The van der Waals surface area contributed by atoms with Crippen LogP contribution in [0.2, 0.25) is 10.0 Å². The van der Waals surface area contributed by atoms with Gasteiger partial charge in [0.2, 0.25) is 5.91 Å². The van der Waals surface area contributed by atoms with E-state index in [9.17, 15) is 4.79 Å². The Morgan fingerprint density at radius 2 is 2.12 bits per heavy atom. The number of rotatable bonds is 4. The second kappa shape index (κ2) is 6.12. The monoisotopic (exact) mass is 259 g/mol. The lowest BCUT2D eigenvalue weighted by atomic mass is 10.1. The third-order valence-electron chi connectivity index (χ3n) is 2.39. The summed E-state index contributed by atoms with van der Waals surface area (Å²) in [7, 11) is 0. The molecule has 0 fully saturated rings. The van der Waals surface area contributed by atoms with Gasteiger partial charge in [0.25, 0.3) is 0 Å². The molecule has 0 aliphatic heterocycles. The zero-order valence-electron chi connectivity index (χ0n) is 9.39. The van der Waals surface area contributed by atoms with Gasteiger partial charge in [-0.1, -0.05) is 36.2 Å². The van der Waals surface area contributed by atoms with Crippen molar-refractivity contribution >= 4 is 29.1 Å². The largest absolute Gasteiger partial charge is 0.353 e. The van der Waals surface area contributed by atoms with Gasteiger partial charge >= 0.3 is 0 Å². The molecule has 1 atom stereocenters. The van der Waals surface area contributed by atoms with E-state index in [4.69, 9.17) is 23.2 Å². The molecule has 0 aliphatic carbocycles. The zero-order chi connectivity index (χ0) is 12.1. The Morgan fingerprint density at radius 3 is 2.69 bits per heavy atom. The van der Waals surface area contributed by atoms with Crippen LogP contribution in [0.25, 0.3) is 0 Å². The van der Waals surface area contributed by atoms with Crippen molar-refractivity contribution in [3.63, 3.8) is 0 Å². The van der Waals surface area contributed by atoms with Crippen molar-refractivity contribution in [2.75, 3.05) is 0 Å². The molecule has 1 aromatic rings. The predicted octanol–water partition coefficient (Wildman–Crippen LogP) is 3.45. The van der Waals surface area contributed by atoms with Gasteiger partial charge in [0, 0.05) is 16.1 Å². The van der Waals surface area contributed by atoms with Crippen LogP contribution < -0.4 is 5.32 Å². The quantitative estimate of drug-likeness (QED) is 0.882. The lowest BCUT2D eigenvalue weighted by Gasteiger charge is -2.11. The van der Waals surface area contributed by atoms with E-state index in [1.54, 1.807) is 18.2 Å². The smallest absolute Gasteiger partial charge is 0.224 e. The Balaban J connectivity index is 2.63. The van der Waals surface area contributed by atoms with Gasteiger partial charge < -0.3 is 5.32 Å². The number of hydrogen-bond acceptors (Lipinski definition) is 1. The molecule has 0 heterocycles. The summed E-state index contributed by atoms with van der Waals surface area (Å²) in [5.74, 6) is -0.0152. The van der Waals surface area contributed by atoms with E-state index < -0.39 is 0 Å². The second-order valence-corrected chi connectivity index (χ2v) is 4.63. The van der Waals surface area contributed by atoms with Crippen LogP contribution in [-0.2, 0) is 11.2 Å². The van der Waals surface area contributed by atoms with Crippen molar-refractivity contribution in [1.82, 2.24) is 5.32 Å². The van der Waals surface area contributed by atoms with Crippen LogP contribution in [0.5, 0.6) is 0 Å². The molecule has 1 N–H and O–H groups in total. The summed E-state index contributed by atoms with van der Waals surface area (Å²) >= 11 is 11.8. The third-order valence-corrected chi connectivity index (χ3v) is 2.97. The zero-order valence-corrected chi connectivity index (χ0v) is 10.9. The Labute approximate surface area is 106 Å². The van der Waals surface area contributed by atoms with Gasteiger partial charge in [0.15, 0.2) is 0 Å². The maximum Gasteiger partial charge on any atom is 0.224 e. The van der Waals surface area contributed by atoms with Crippen molar-refractivity contribution in [3.05, 3.63) is 33.8 Å². The summed E-state index contributed by atoms with van der Waals surface area (Å²) in [5.41, 5.74) is 0.798. The van der Waals surface area contributed by atoms with Crippen LogP contribution in [0.1, 0.15) is 25.8 Å². The topological polar surface area (TPSA) is 29.1 Å². The molecule has 16 heavy (non-hydrogen) atoms. The molecule has 1 unspecified atom stereocenters. The summed E-state index contributed by atoms with van der Waals surface area (Å²) in [5, 5.41) is 4.00. The maximum atomic E-state index is 11.6. The second-order valence-electron chi connectivity index (χ2n) is 3.79. The summed E-state index contributed by atoms with van der Waals surface area (Å²) in [6.07, 6.45) is 1.21. The first-order valence-corrected chi connectivity index (χ1v) is 6.01. The van der Waals surface area contributed by atoms with Crippen molar-refractivity contribution in [2.45, 2.75) is 32.7 Å². The fraction of sp³-hybridized carbons (Fsp3) is 0.417. The van der Waals surface area contributed by atoms with Crippen LogP contribution >= 0.6 is 23.2 Å². The van der Waals surface area contributed by atoms with Crippen molar-refractivity contribution in [3.8, 4) is 0 Å². The SMILES string of the molecule is CCC(C)NC(=O)Cc1ccc(Cl)cc1Cl. The van der Waals surface area contributed by atoms with Gasteiger partial charge in [-0.15, -0.1) is 0 Å². The normalized spacial score (nSPS) is 12.2. The number of carbonyl (C=O) groups excluding carboxylic acids is 1. The van der Waals surface area contributed by atoms with Crippen LogP contribution in [0.15, 0.2) is 18.2 Å². The van der Waals surface area contributed by atoms with E-state index in [1.165, 1.54) is 0 Å². The first-order valence-electron chi connectivity index (χ1n) is 5.26. The number of amides is 1. The molecule has 0 saturated carbocycles. The summed E-state index contributed by atoms with van der Waals surface area (Å²) in [4.78, 5) is 11.6. The standard InChI is InChI=1S/C12H15Cl2NO/c1-3-8(2)15-12(16)6-9-4-5-10(13)7-11(9)14/h4-5,7-8H,3,6H2,1-2H3,(H,15,16). The summed E-state index contributed by atoms with van der Waals surface area (Å²) < 4.78 is 0. The fourth-order valence-corrected chi connectivity index (χ4v) is 1.74. The predicted molar refractivity (Wildman–Crippen MR) is 68.1 cm³/mol. The number of nitrogens with one attached hydrogen (secondary N) is 1. The van der Waals surface area contributed by atoms with Gasteiger partial charge in [-0.05, 0) is 31.0 Å². The highest BCUT2D eigenvalue weighted by Crippen LogP contribution is 2.21. The average Bonchev–Trinajstić information content (AvgIpc) is 2.22. The molecule has 0 bridgehead atoms. The van der Waals surface area contributed by atoms with E-state index in [0.29, 0.717) is 16.5 Å². The van der Waals surface area contributed by atoms with Crippen LogP contribution in [-0.4, -0.2) is 11.9 Å². The van der Waals surface area contributed by atoms with Crippen LogP contribution in [0.3, 0.4) is 0 Å². The molecule has 1 aromatic carbocycles. The molecule has 0 saturated heterocycles. The highest BCUT2D eigenvalue weighted by Gasteiger charge is 2.09. The van der Waals surface area contributed by atoms with Gasteiger partial charge in [0.1, 0.15) is 0 Å². The number of hydrogen-bond donors (Lipinski definition) is 1. The minimum Gasteiger partial charge on any atom is -0.353 e. The Morgan fingerprint density at radius 1 is 1.44 bits per heavy atom. The molecule has 0 aliphatic rings. The van der Waals surface area contributed by atoms with Gasteiger partial charge in [-0.2, -0.15) is 0 Å². The minimum absolute atomic E-state index is 0.0152. The van der Waals surface area contributed by atoms with Crippen molar-refractivity contribution in [2.24, 2.45) is 0 Å². The highest BCUT2D eigenvalue weighted by molar-refractivity contribution is 6.35. The Kier molecular flexibility index (Phi) is 5.10. The van der Waals surface area contributed by atoms with E-state index in [0.717, 1.165) is 12.0 Å². The lowest BCUT2D eigenvalue weighted by molar-refractivity contribution is -0.121. The van der Waals surface area contributed by atoms with Gasteiger partial charge in [-0.25, -0.2) is 0 Å². The van der Waals surface area contributed by atoms with E-state index >= 15 is 0 Å². The highest BCUT2D eigenvalue weighted by atomic mass is 35.5. The molecule has 88 valence electrons. The Bertz CT molecular complexity index is 379. The lowest BCUT2D eigenvalue weighted by Crippen LogP contribution is -2.33. The van der Waals surface area contributed by atoms with Crippen molar-refractivity contribution in [1.29, 1.82) is 0 Å². The molecule has 0 radical (unpaired) electrons. The van der Waals surface area contributed by atoms with Crippen LogP contribution in [0, 0.1) is 0 Å². The molecule has 1 rings (SSSR count). The summed E-state index contributed by atoms with van der Waals surface area (Å²) in [6.45, 7) is 4.00. The maximum absolute atomic E-state index is 11.6. The summed E-state index contributed by atoms with van der Waals surface area (Å²) in [6, 6.07) is 5.35. The first kappa shape index (κ1) is 13.3. The number of carbonyl (C=O) groups is 1. The first-order chi connectivity index (χ1) is 7.52. The fourth-order valence-electron chi connectivity index (χ4n) is 1.27. The Hall–Kier alpha value is -0.730. The average molecular weight is 260 g/mol. The van der Waals surface area contributed by atoms with Crippen LogP contribution in [0.4, 0.5) is 0 Å². The van der Waals surface area contributed by atoms with E-state index in [-0.39, 0.29) is 11.9 Å². The molecule has 0 spiro atoms. The minimum atomic E-state index is -0.0152. The van der Waals surface area contributed by atoms with E-state index in [2.05, 4.69) is 5.32 Å². The molecule has 2 nitrogen and oxygen atoms in total. The van der Waals surface area contributed by atoms with Gasteiger partial charge in [0.05, 0.1) is 6.42 Å². The molecule has 1 amide bonds. The van der Waals surface area contributed by atoms with E-state index in [1.807, 2.05) is 13.8 Å². The number of benzene rings is 1. The molecular formula is C12H15Cl2NO. The van der Waals surface area contributed by atoms with Gasteiger partial charge in [-0.3, -0.25) is 4.79 Å².